The molecule has 0 aliphatic rings. The molecule has 0 aliphatic carbocycles. The molecule has 0 spiro atoms. The van der Waals surface area contributed by atoms with Crippen LogP contribution in [-0.4, -0.2) is 37.1 Å². The molecular formula is C13H23N3S. The van der Waals surface area contributed by atoms with Gasteiger partial charge in [-0.05, 0) is 38.5 Å². The summed E-state index contributed by atoms with van der Waals surface area (Å²) >= 11 is 1.91. The van der Waals surface area contributed by atoms with E-state index in [4.69, 9.17) is 0 Å². The van der Waals surface area contributed by atoms with Gasteiger partial charge in [-0.25, -0.2) is 0 Å². The largest absolute Gasteiger partial charge is 0.372 e. The van der Waals surface area contributed by atoms with Crippen molar-refractivity contribution in [1.82, 2.24) is 10.3 Å². The van der Waals surface area contributed by atoms with E-state index in [2.05, 4.69) is 41.5 Å². The van der Waals surface area contributed by atoms with Gasteiger partial charge in [0.25, 0.3) is 0 Å². The van der Waals surface area contributed by atoms with Gasteiger partial charge >= 0.3 is 0 Å². The van der Waals surface area contributed by atoms with E-state index in [1.807, 2.05) is 31.2 Å². The molecule has 1 N–H and O–H groups in total. The van der Waals surface area contributed by atoms with Crippen molar-refractivity contribution in [2.24, 2.45) is 0 Å². The highest BCUT2D eigenvalue weighted by Gasteiger charge is 2.12. The van der Waals surface area contributed by atoms with E-state index >= 15 is 0 Å². The highest BCUT2D eigenvalue weighted by molar-refractivity contribution is 7.98. The molecule has 0 aliphatic heterocycles. The summed E-state index contributed by atoms with van der Waals surface area (Å²) in [6, 6.07) is 2.66. The lowest BCUT2D eigenvalue weighted by atomic mass is 10.1. The maximum atomic E-state index is 4.20. The summed E-state index contributed by atoms with van der Waals surface area (Å²) < 4.78 is 0. The average molecular weight is 253 g/mol. The fourth-order valence-corrected chi connectivity index (χ4v) is 2.39. The third-order valence-electron chi connectivity index (χ3n) is 3.03. The summed E-state index contributed by atoms with van der Waals surface area (Å²) in [5.41, 5.74) is 2.54. The van der Waals surface area contributed by atoms with Crippen LogP contribution in [0.1, 0.15) is 18.9 Å². The molecule has 1 unspecified atom stereocenters. The molecule has 0 fully saturated rings. The Bertz CT molecular complexity index is 330. The Balaban J connectivity index is 2.76. The third-order valence-corrected chi connectivity index (χ3v) is 3.67. The van der Waals surface area contributed by atoms with Crippen molar-refractivity contribution in [1.29, 1.82) is 0 Å². The van der Waals surface area contributed by atoms with Crippen LogP contribution in [0, 0.1) is 0 Å². The van der Waals surface area contributed by atoms with Crippen molar-refractivity contribution in [2.45, 2.75) is 25.9 Å². The molecule has 0 amide bonds. The Morgan fingerprint density at radius 2 is 2.29 bits per heavy atom. The van der Waals surface area contributed by atoms with Crippen LogP contribution in [0.15, 0.2) is 18.5 Å². The maximum Gasteiger partial charge on any atom is 0.0442 e. The first-order valence-corrected chi connectivity index (χ1v) is 7.39. The van der Waals surface area contributed by atoms with Crippen LogP contribution < -0.4 is 10.2 Å². The van der Waals surface area contributed by atoms with Crippen molar-refractivity contribution in [3.8, 4) is 0 Å². The number of pyridine rings is 1. The number of thioether (sulfide) groups is 1. The highest BCUT2D eigenvalue weighted by atomic mass is 32.2. The number of hydrogen-bond donors (Lipinski definition) is 1. The normalized spacial score (nSPS) is 12.5. The number of aromatic nitrogens is 1. The van der Waals surface area contributed by atoms with Crippen LogP contribution in [0.25, 0.3) is 0 Å². The zero-order chi connectivity index (χ0) is 12.7. The van der Waals surface area contributed by atoms with E-state index in [0.29, 0.717) is 6.04 Å². The smallest absolute Gasteiger partial charge is 0.0442 e. The van der Waals surface area contributed by atoms with Crippen LogP contribution in [-0.2, 0) is 6.54 Å². The lowest BCUT2D eigenvalue weighted by molar-refractivity contribution is 0.663. The summed E-state index contributed by atoms with van der Waals surface area (Å²) in [6.07, 6.45) is 7.18. The number of anilines is 1. The molecule has 4 heteroatoms. The van der Waals surface area contributed by atoms with Gasteiger partial charge in [-0.2, -0.15) is 11.8 Å². The molecule has 3 nitrogen and oxygen atoms in total. The predicted molar refractivity (Wildman–Crippen MR) is 77.9 cm³/mol. The van der Waals surface area contributed by atoms with Crippen molar-refractivity contribution in [3.05, 3.63) is 24.0 Å². The fraction of sp³-hybridized carbons (Fsp3) is 0.615. The zero-order valence-electron chi connectivity index (χ0n) is 11.2. The molecule has 1 heterocycles. The summed E-state index contributed by atoms with van der Waals surface area (Å²) in [5, 5.41) is 3.19. The minimum atomic E-state index is 0.556. The van der Waals surface area contributed by atoms with Crippen LogP contribution in [0.3, 0.4) is 0 Å². The summed E-state index contributed by atoms with van der Waals surface area (Å²) in [6.45, 7) is 3.14. The highest BCUT2D eigenvalue weighted by Crippen LogP contribution is 2.21. The van der Waals surface area contributed by atoms with Crippen molar-refractivity contribution in [2.75, 3.05) is 31.0 Å². The second kappa shape index (κ2) is 7.56. The zero-order valence-corrected chi connectivity index (χ0v) is 12.0. The van der Waals surface area contributed by atoms with Gasteiger partial charge in [0.2, 0.25) is 0 Å². The molecule has 1 aromatic rings. The van der Waals surface area contributed by atoms with Gasteiger partial charge in [0.15, 0.2) is 0 Å². The van der Waals surface area contributed by atoms with Gasteiger partial charge in [0.05, 0.1) is 0 Å². The average Bonchev–Trinajstić information content (AvgIpc) is 2.36. The minimum Gasteiger partial charge on any atom is -0.372 e. The van der Waals surface area contributed by atoms with Gasteiger partial charge in [0, 0.05) is 43.3 Å². The first-order chi connectivity index (χ1) is 8.20. The van der Waals surface area contributed by atoms with Crippen molar-refractivity contribution < 1.29 is 0 Å². The minimum absolute atomic E-state index is 0.556. The van der Waals surface area contributed by atoms with Crippen molar-refractivity contribution in [3.63, 3.8) is 0 Å². The van der Waals surface area contributed by atoms with E-state index in [-0.39, 0.29) is 0 Å². The molecule has 1 atom stereocenters. The lowest BCUT2D eigenvalue weighted by Gasteiger charge is -2.28. The Morgan fingerprint density at radius 1 is 1.53 bits per heavy atom. The van der Waals surface area contributed by atoms with Gasteiger partial charge in [-0.1, -0.05) is 0 Å². The van der Waals surface area contributed by atoms with Gasteiger partial charge < -0.3 is 10.2 Å². The van der Waals surface area contributed by atoms with Gasteiger partial charge in [-0.3, -0.25) is 4.98 Å². The lowest BCUT2D eigenvalue weighted by Crippen LogP contribution is -2.30. The summed E-state index contributed by atoms with van der Waals surface area (Å²) in [4.78, 5) is 6.55. The molecule has 1 aromatic heterocycles. The van der Waals surface area contributed by atoms with Gasteiger partial charge in [-0.15, -0.1) is 0 Å². The second-order valence-corrected chi connectivity index (χ2v) is 5.26. The SMILES string of the molecule is CNCc1cnccc1N(C)C(C)CCSC. The Labute approximate surface area is 109 Å². The number of nitrogens with zero attached hydrogens (tertiary/aromatic N) is 2. The van der Waals surface area contributed by atoms with Crippen LogP contribution in [0.2, 0.25) is 0 Å². The number of hydrogen-bond acceptors (Lipinski definition) is 4. The standard InChI is InChI=1S/C13H23N3S/c1-11(6-8-17-4)16(3)13-5-7-15-10-12(13)9-14-2/h5,7,10-11,14H,6,8-9H2,1-4H3. The number of nitrogens with one attached hydrogen (secondary N) is 1. The van der Waals surface area contributed by atoms with E-state index in [9.17, 15) is 0 Å². The van der Waals surface area contributed by atoms with Crippen LogP contribution in [0.4, 0.5) is 5.69 Å². The third kappa shape index (κ3) is 4.21. The Hall–Kier alpha value is -0.740. The molecule has 0 bridgehead atoms. The predicted octanol–water partition coefficient (Wildman–Crippen LogP) is 2.38. The van der Waals surface area contributed by atoms with E-state index in [0.717, 1.165) is 6.54 Å². The Morgan fingerprint density at radius 3 is 2.94 bits per heavy atom. The monoisotopic (exact) mass is 253 g/mol. The first-order valence-electron chi connectivity index (χ1n) is 6.00. The molecule has 17 heavy (non-hydrogen) atoms. The fourth-order valence-electron chi connectivity index (χ4n) is 1.81. The quantitative estimate of drug-likeness (QED) is 0.807. The summed E-state index contributed by atoms with van der Waals surface area (Å²) in [7, 11) is 4.13. The Kier molecular flexibility index (Phi) is 6.37. The van der Waals surface area contributed by atoms with E-state index < -0.39 is 0 Å². The first kappa shape index (κ1) is 14.3. The van der Waals surface area contributed by atoms with Gasteiger partial charge in [0.1, 0.15) is 0 Å². The maximum absolute atomic E-state index is 4.20. The van der Waals surface area contributed by atoms with E-state index in [1.54, 1.807) is 0 Å². The molecule has 96 valence electrons. The molecule has 0 saturated heterocycles. The molecule has 0 radical (unpaired) electrons. The number of rotatable bonds is 7. The molecule has 0 saturated carbocycles. The van der Waals surface area contributed by atoms with Crippen LogP contribution in [0.5, 0.6) is 0 Å². The van der Waals surface area contributed by atoms with E-state index in [1.165, 1.54) is 23.4 Å². The topological polar surface area (TPSA) is 28.2 Å². The molecule has 1 rings (SSSR count). The van der Waals surface area contributed by atoms with Crippen LogP contribution >= 0.6 is 11.8 Å². The van der Waals surface area contributed by atoms with Crippen molar-refractivity contribution >= 4 is 17.4 Å². The molecular weight excluding hydrogens is 230 g/mol. The second-order valence-electron chi connectivity index (χ2n) is 4.28. The molecule has 0 aromatic carbocycles. The summed E-state index contributed by atoms with van der Waals surface area (Å²) in [5.74, 6) is 1.21.